The molecule has 0 saturated carbocycles. The third kappa shape index (κ3) is 0.953. The van der Waals surface area contributed by atoms with Crippen LogP contribution in [-0.4, -0.2) is 0 Å². The van der Waals surface area contributed by atoms with E-state index in [0.717, 1.165) is 13.1 Å². The van der Waals surface area contributed by atoms with Crippen molar-refractivity contribution >= 4 is 22.6 Å². The van der Waals surface area contributed by atoms with Crippen molar-refractivity contribution in [1.29, 1.82) is 0 Å². The van der Waals surface area contributed by atoms with E-state index in [1.807, 2.05) is 0 Å². The predicted octanol–water partition coefficient (Wildman–Crippen LogP) is 1.89. The number of nitrogens with one attached hydrogen (secondary N) is 1. The average molecular weight is 245 g/mol. The lowest BCUT2D eigenvalue weighted by Gasteiger charge is -1.97. The van der Waals surface area contributed by atoms with Crippen LogP contribution in [-0.2, 0) is 13.1 Å². The van der Waals surface area contributed by atoms with Gasteiger partial charge in [-0.2, -0.15) is 0 Å². The lowest BCUT2D eigenvalue weighted by atomic mass is 10.1. The molecule has 1 nitrogen and oxygen atoms in total. The van der Waals surface area contributed by atoms with E-state index in [4.69, 9.17) is 0 Å². The number of hydrogen-bond acceptors (Lipinski definition) is 1. The molecule has 0 spiro atoms. The average Bonchev–Trinajstić information content (AvgIpc) is 2.36. The molecule has 1 N–H and O–H groups in total. The van der Waals surface area contributed by atoms with Crippen molar-refractivity contribution in [3.8, 4) is 0 Å². The Labute approximate surface area is 74.0 Å². The number of benzene rings is 1. The van der Waals surface area contributed by atoms with Crippen LogP contribution >= 0.6 is 22.6 Å². The topological polar surface area (TPSA) is 12.0 Å². The molecule has 1 aromatic carbocycles. The lowest BCUT2D eigenvalue weighted by molar-refractivity contribution is 0.764. The largest absolute Gasteiger partial charge is 0.309 e. The lowest BCUT2D eigenvalue weighted by Crippen LogP contribution is -2.00. The fraction of sp³-hybridized carbons (Fsp3) is 0.250. The van der Waals surface area contributed by atoms with Gasteiger partial charge in [-0.05, 0) is 39.8 Å². The van der Waals surface area contributed by atoms with Crippen molar-refractivity contribution in [2.45, 2.75) is 13.1 Å². The van der Waals surface area contributed by atoms with Gasteiger partial charge in [-0.15, -0.1) is 0 Å². The molecule has 0 aromatic heterocycles. The molecule has 10 heavy (non-hydrogen) atoms. The molecule has 1 aliphatic rings. The number of rotatable bonds is 0. The molecule has 0 saturated heterocycles. The van der Waals surface area contributed by atoms with Crippen LogP contribution in [0.25, 0.3) is 0 Å². The normalized spacial score (nSPS) is 15.3. The molecular weight excluding hydrogens is 237 g/mol. The highest BCUT2D eigenvalue weighted by molar-refractivity contribution is 14.1. The first-order chi connectivity index (χ1) is 4.88. The molecule has 2 heteroatoms. The Kier molecular flexibility index (Phi) is 1.66. The predicted molar refractivity (Wildman–Crippen MR) is 49.7 cm³/mol. The van der Waals surface area contributed by atoms with E-state index < -0.39 is 0 Å². The van der Waals surface area contributed by atoms with Gasteiger partial charge in [0.1, 0.15) is 0 Å². The summed E-state index contributed by atoms with van der Waals surface area (Å²) in [5, 5.41) is 3.32. The van der Waals surface area contributed by atoms with Gasteiger partial charge in [0.15, 0.2) is 0 Å². The molecule has 0 fully saturated rings. The molecule has 0 unspecified atom stereocenters. The van der Waals surface area contributed by atoms with E-state index in [2.05, 4.69) is 46.1 Å². The molecule has 0 radical (unpaired) electrons. The number of hydrogen-bond donors (Lipinski definition) is 1. The quantitative estimate of drug-likeness (QED) is 0.688. The van der Waals surface area contributed by atoms with Crippen molar-refractivity contribution in [3.63, 3.8) is 0 Å². The Balaban J connectivity index is 2.59. The highest BCUT2D eigenvalue weighted by Gasteiger charge is 2.10. The van der Waals surface area contributed by atoms with Gasteiger partial charge in [-0.3, -0.25) is 0 Å². The minimum absolute atomic E-state index is 1.05. The summed E-state index contributed by atoms with van der Waals surface area (Å²) in [6, 6.07) is 6.47. The fourth-order valence-electron chi connectivity index (χ4n) is 1.29. The second-order valence-corrected chi connectivity index (χ2v) is 3.64. The smallest absolute Gasteiger partial charge is 0.0222 e. The third-order valence-corrected chi connectivity index (χ3v) is 2.84. The second kappa shape index (κ2) is 2.51. The summed E-state index contributed by atoms with van der Waals surface area (Å²) in [5.74, 6) is 0. The maximum atomic E-state index is 3.32. The Bertz CT molecular complexity index is 257. The molecule has 0 bridgehead atoms. The second-order valence-electron chi connectivity index (χ2n) is 2.48. The van der Waals surface area contributed by atoms with E-state index >= 15 is 0 Å². The van der Waals surface area contributed by atoms with Gasteiger partial charge in [0.25, 0.3) is 0 Å². The summed E-state index contributed by atoms with van der Waals surface area (Å²) >= 11 is 2.39. The van der Waals surface area contributed by atoms with Crippen LogP contribution in [0.2, 0.25) is 0 Å². The first kappa shape index (κ1) is 6.61. The van der Waals surface area contributed by atoms with E-state index in [1.165, 1.54) is 14.7 Å². The molecule has 1 heterocycles. The monoisotopic (exact) mass is 245 g/mol. The highest BCUT2D eigenvalue weighted by atomic mass is 127. The van der Waals surface area contributed by atoms with Crippen molar-refractivity contribution in [1.82, 2.24) is 5.32 Å². The van der Waals surface area contributed by atoms with Crippen LogP contribution < -0.4 is 5.32 Å². The first-order valence-corrected chi connectivity index (χ1v) is 4.43. The molecule has 0 atom stereocenters. The van der Waals surface area contributed by atoms with Crippen LogP contribution in [0.15, 0.2) is 18.2 Å². The van der Waals surface area contributed by atoms with Gasteiger partial charge in [-0.25, -0.2) is 0 Å². The van der Waals surface area contributed by atoms with Gasteiger partial charge in [0, 0.05) is 16.7 Å². The first-order valence-electron chi connectivity index (χ1n) is 3.35. The summed E-state index contributed by atoms with van der Waals surface area (Å²) in [6.07, 6.45) is 0. The summed E-state index contributed by atoms with van der Waals surface area (Å²) in [4.78, 5) is 0. The Morgan fingerprint density at radius 3 is 3.00 bits per heavy atom. The Morgan fingerprint density at radius 1 is 1.30 bits per heavy atom. The van der Waals surface area contributed by atoms with E-state index in [9.17, 15) is 0 Å². The molecular formula is C8H8IN. The molecule has 0 amide bonds. The van der Waals surface area contributed by atoms with Gasteiger partial charge in [0.05, 0.1) is 0 Å². The van der Waals surface area contributed by atoms with Crippen molar-refractivity contribution < 1.29 is 0 Å². The van der Waals surface area contributed by atoms with E-state index in [-0.39, 0.29) is 0 Å². The number of fused-ring (bicyclic) bond motifs is 1. The van der Waals surface area contributed by atoms with Crippen LogP contribution in [0.3, 0.4) is 0 Å². The third-order valence-electron chi connectivity index (χ3n) is 1.83. The molecule has 1 aromatic rings. The van der Waals surface area contributed by atoms with Crippen molar-refractivity contribution in [2.75, 3.05) is 0 Å². The maximum absolute atomic E-state index is 3.32. The van der Waals surface area contributed by atoms with E-state index in [0.29, 0.717) is 0 Å². The summed E-state index contributed by atoms with van der Waals surface area (Å²) in [6.45, 7) is 2.10. The minimum Gasteiger partial charge on any atom is -0.309 e. The van der Waals surface area contributed by atoms with E-state index in [1.54, 1.807) is 0 Å². The van der Waals surface area contributed by atoms with Gasteiger partial charge < -0.3 is 5.32 Å². The molecule has 1 aliphatic heterocycles. The van der Waals surface area contributed by atoms with Crippen molar-refractivity contribution in [3.05, 3.63) is 32.9 Å². The van der Waals surface area contributed by atoms with Crippen LogP contribution in [0, 0.1) is 3.57 Å². The van der Waals surface area contributed by atoms with Crippen molar-refractivity contribution in [2.24, 2.45) is 0 Å². The molecule has 52 valence electrons. The standard InChI is InChI=1S/C8H8IN/c9-8-3-1-2-6-4-10-5-7(6)8/h1-3,10H,4-5H2. The Morgan fingerprint density at radius 2 is 2.20 bits per heavy atom. The van der Waals surface area contributed by atoms with Gasteiger partial charge >= 0.3 is 0 Å². The summed E-state index contributed by atoms with van der Waals surface area (Å²) < 4.78 is 1.39. The molecule has 2 rings (SSSR count). The number of halogens is 1. The fourth-order valence-corrected chi connectivity index (χ4v) is 2.03. The summed E-state index contributed by atoms with van der Waals surface area (Å²) in [5.41, 5.74) is 2.95. The zero-order valence-electron chi connectivity index (χ0n) is 5.52. The van der Waals surface area contributed by atoms with Crippen LogP contribution in [0.1, 0.15) is 11.1 Å². The maximum Gasteiger partial charge on any atom is 0.0222 e. The summed E-state index contributed by atoms with van der Waals surface area (Å²) in [7, 11) is 0. The SMILES string of the molecule is Ic1cccc2c1CNC2. The zero-order valence-corrected chi connectivity index (χ0v) is 7.68. The van der Waals surface area contributed by atoms with Crippen LogP contribution in [0.5, 0.6) is 0 Å². The zero-order chi connectivity index (χ0) is 6.97. The molecule has 0 aliphatic carbocycles. The minimum atomic E-state index is 1.05. The Hall–Kier alpha value is -0.0900. The van der Waals surface area contributed by atoms with Gasteiger partial charge in [0.2, 0.25) is 0 Å². The highest BCUT2D eigenvalue weighted by Crippen LogP contribution is 2.20. The van der Waals surface area contributed by atoms with Crippen LogP contribution in [0.4, 0.5) is 0 Å². The van der Waals surface area contributed by atoms with Gasteiger partial charge in [-0.1, -0.05) is 12.1 Å².